The third kappa shape index (κ3) is 2.07. The summed E-state index contributed by atoms with van der Waals surface area (Å²) in [6.45, 7) is 6.57. The van der Waals surface area contributed by atoms with Gasteiger partial charge in [-0.25, -0.2) is 4.98 Å². The van der Waals surface area contributed by atoms with E-state index in [1.54, 1.807) is 7.11 Å². The van der Waals surface area contributed by atoms with Crippen molar-refractivity contribution in [1.82, 2.24) is 9.55 Å². The summed E-state index contributed by atoms with van der Waals surface area (Å²) in [6, 6.07) is 5.93. The van der Waals surface area contributed by atoms with Crippen LogP contribution in [0, 0.1) is 0 Å². The minimum absolute atomic E-state index is 0.00859. The standard InChI is InChI=1S/C14H19ClN2O/c1-5-14(2,3)17-12-8-10(18-4)6-7-11(12)16-13(17)9-15/h6-8H,5,9H2,1-4H3. The SMILES string of the molecule is CCC(C)(C)n1c(CCl)nc2ccc(OC)cc21. The first-order valence-corrected chi connectivity index (χ1v) is 6.68. The van der Waals surface area contributed by atoms with Crippen molar-refractivity contribution in [3.05, 3.63) is 24.0 Å². The Hall–Kier alpha value is -1.22. The van der Waals surface area contributed by atoms with Gasteiger partial charge in [0.05, 0.1) is 24.0 Å². The van der Waals surface area contributed by atoms with Crippen LogP contribution in [-0.4, -0.2) is 16.7 Å². The van der Waals surface area contributed by atoms with Crippen molar-refractivity contribution in [3.63, 3.8) is 0 Å². The molecular formula is C14H19ClN2O. The molecule has 2 rings (SSSR count). The Labute approximate surface area is 113 Å². The molecule has 0 saturated heterocycles. The summed E-state index contributed by atoms with van der Waals surface area (Å²) < 4.78 is 7.51. The number of ether oxygens (including phenoxy) is 1. The topological polar surface area (TPSA) is 27.1 Å². The quantitative estimate of drug-likeness (QED) is 0.784. The van der Waals surface area contributed by atoms with Gasteiger partial charge in [0.25, 0.3) is 0 Å². The lowest BCUT2D eigenvalue weighted by Gasteiger charge is -2.27. The number of fused-ring (bicyclic) bond motifs is 1. The summed E-state index contributed by atoms with van der Waals surface area (Å²) in [5, 5.41) is 0. The molecule has 0 aliphatic heterocycles. The second-order valence-electron chi connectivity index (χ2n) is 5.02. The molecule has 18 heavy (non-hydrogen) atoms. The fourth-order valence-corrected chi connectivity index (χ4v) is 2.33. The van der Waals surface area contributed by atoms with Crippen molar-refractivity contribution >= 4 is 22.6 Å². The Balaban J connectivity index is 2.74. The molecule has 0 bridgehead atoms. The average molecular weight is 267 g/mol. The van der Waals surface area contributed by atoms with Gasteiger partial charge in [0, 0.05) is 11.6 Å². The average Bonchev–Trinajstić information content (AvgIpc) is 2.76. The minimum Gasteiger partial charge on any atom is -0.497 e. The Morgan fingerprint density at radius 1 is 1.39 bits per heavy atom. The summed E-state index contributed by atoms with van der Waals surface area (Å²) in [5.41, 5.74) is 2.04. The summed E-state index contributed by atoms with van der Waals surface area (Å²) in [5.74, 6) is 2.17. The zero-order valence-corrected chi connectivity index (χ0v) is 12.1. The fraction of sp³-hybridized carbons (Fsp3) is 0.500. The highest BCUT2D eigenvalue weighted by atomic mass is 35.5. The number of nitrogens with zero attached hydrogens (tertiary/aromatic N) is 2. The maximum absolute atomic E-state index is 6.03. The van der Waals surface area contributed by atoms with Crippen LogP contribution in [0.5, 0.6) is 5.75 Å². The molecule has 4 heteroatoms. The van der Waals surface area contributed by atoms with Crippen LogP contribution in [0.3, 0.4) is 0 Å². The molecule has 1 aromatic heterocycles. The summed E-state index contributed by atoms with van der Waals surface area (Å²) >= 11 is 6.03. The first-order chi connectivity index (χ1) is 8.53. The number of imidazole rings is 1. The Kier molecular flexibility index (Phi) is 3.53. The molecular weight excluding hydrogens is 248 g/mol. The van der Waals surface area contributed by atoms with E-state index in [1.165, 1.54) is 0 Å². The van der Waals surface area contributed by atoms with Gasteiger partial charge < -0.3 is 9.30 Å². The molecule has 1 heterocycles. The van der Waals surface area contributed by atoms with Gasteiger partial charge in [-0.15, -0.1) is 11.6 Å². The van der Waals surface area contributed by atoms with Gasteiger partial charge in [-0.1, -0.05) is 6.92 Å². The maximum Gasteiger partial charge on any atom is 0.125 e. The van der Waals surface area contributed by atoms with E-state index in [1.807, 2.05) is 18.2 Å². The minimum atomic E-state index is -0.00859. The van der Waals surface area contributed by atoms with Crippen molar-refractivity contribution in [2.75, 3.05) is 7.11 Å². The van der Waals surface area contributed by atoms with E-state index in [4.69, 9.17) is 16.3 Å². The normalized spacial score (nSPS) is 12.1. The van der Waals surface area contributed by atoms with Gasteiger partial charge in [-0.3, -0.25) is 0 Å². The lowest BCUT2D eigenvalue weighted by atomic mass is 10.0. The van der Waals surface area contributed by atoms with Crippen molar-refractivity contribution in [1.29, 1.82) is 0 Å². The van der Waals surface area contributed by atoms with Gasteiger partial charge in [-0.2, -0.15) is 0 Å². The highest BCUT2D eigenvalue weighted by Crippen LogP contribution is 2.30. The zero-order chi connectivity index (χ0) is 13.3. The number of alkyl halides is 1. The molecule has 0 aliphatic rings. The molecule has 0 amide bonds. The largest absolute Gasteiger partial charge is 0.497 e. The van der Waals surface area contributed by atoms with Gasteiger partial charge in [-0.05, 0) is 32.4 Å². The summed E-state index contributed by atoms with van der Waals surface area (Å²) in [6.07, 6.45) is 1.01. The van der Waals surface area contributed by atoms with E-state index in [0.717, 1.165) is 29.0 Å². The smallest absolute Gasteiger partial charge is 0.125 e. The lowest BCUT2D eigenvalue weighted by molar-refractivity contribution is 0.343. The predicted octanol–water partition coefficient (Wildman–Crippen LogP) is 3.93. The van der Waals surface area contributed by atoms with Crippen LogP contribution in [-0.2, 0) is 11.4 Å². The number of hydrogen-bond acceptors (Lipinski definition) is 2. The highest BCUT2D eigenvalue weighted by Gasteiger charge is 2.24. The predicted molar refractivity (Wildman–Crippen MR) is 75.5 cm³/mol. The first kappa shape index (κ1) is 13.2. The number of benzene rings is 1. The zero-order valence-electron chi connectivity index (χ0n) is 11.3. The molecule has 0 aliphatic carbocycles. The molecule has 1 aromatic carbocycles. The maximum atomic E-state index is 6.03. The number of methoxy groups -OCH3 is 1. The van der Waals surface area contributed by atoms with Crippen LogP contribution in [0.1, 0.15) is 33.0 Å². The van der Waals surface area contributed by atoms with E-state index in [0.29, 0.717) is 5.88 Å². The lowest BCUT2D eigenvalue weighted by Crippen LogP contribution is -2.26. The van der Waals surface area contributed by atoms with E-state index in [9.17, 15) is 0 Å². The molecule has 2 aromatic rings. The van der Waals surface area contributed by atoms with Crippen molar-refractivity contribution < 1.29 is 4.74 Å². The van der Waals surface area contributed by atoms with Gasteiger partial charge >= 0.3 is 0 Å². The molecule has 98 valence electrons. The van der Waals surface area contributed by atoms with E-state index in [2.05, 4.69) is 30.3 Å². The highest BCUT2D eigenvalue weighted by molar-refractivity contribution is 6.16. The van der Waals surface area contributed by atoms with Crippen molar-refractivity contribution in [2.45, 2.75) is 38.6 Å². The third-order valence-corrected chi connectivity index (χ3v) is 3.76. The second-order valence-corrected chi connectivity index (χ2v) is 5.28. The molecule has 3 nitrogen and oxygen atoms in total. The number of aromatic nitrogens is 2. The Morgan fingerprint density at radius 3 is 2.67 bits per heavy atom. The van der Waals surface area contributed by atoms with E-state index < -0.39 is 0 Å². The van der Waals surface area contributed by atoms with Crippen molar-refractivity contribution in [3.8, 4) is 5.75 Å². The molecule has 0 atom stereocenters. The Bertz CT molecular complexity index is 560. The molecule has 0 saturated carbocycles. The molecule has 0 spiro atoms. The fourth-order valence-electron chi connectivity index (χ4n) is 2.16. The van der Waals surface area contributed by atoms with E-state index >= 15 is 0 Å². The second kappa shape index (κ2) is 4.81. The van der Waals surface area contributed by atoms with Crippen LogP contribution in [0.25, 0.3) is 11.0 Å². The first-order valence-electron chi connectivity index (χ1n) is 6.15. The molecule has 0 N–H and O–H groups in total. The number of halogens is 1. The van der Waals surface area contributed by atoms with Gasteiger partial charge in [0.15, 0.2) is 0 Å². The van der Waals surface area contributed by atoms with Crippen LogP contribution in [0.15, 0.2) is 18.2 Å². The van der Waals surface area contributed by atoms with Gasteiger partial charge in [0.2, 0.25) is 0 Å². The van der Waals surface area contributed by atoms with Crippen LogP contribution in [0.2, 0.25) is 0 Å². The summed E-state index contributed by atoms with van der Waals surface area (Å²) in [4.78, 5) is 4.60. The summed E-state index contributed by atoms with van der Waals surface area (Å²) in [7, 11) is 1.68. The van der Waals surface area contributed by atoms with Crippen LogP contribution < -0.4 is 4.74 Å². The molecule has 0 unspecified atom stereocenters. The molecule has 0 fully saturated rings. The Morgan fingerprint density at radius 2 is 2.11 bits per heavy atom. The third-order valence-electron chi connectivity index (χ3n) is 3.52. The van der Waals surface area contributed by atoms with Crippen LogP contribution in [0.4, 0.5) is 0 Å². The van der Waals surface area contributed by atoms with Crippen LogP contribution >= 0.6 is 11.6 Å². The van der Waals surface area contributed by atoms with Gasteiger partial charge in [0.1, 0.15) is 11.6 Å². The van der Waals surface area contributed by atoms with E-state index in [-0.39, 0.29) is 5.54 Å². The molecule has 0 radical (unpaired) electrons. The number of rotatable bonds is 4. The van der Waals surface area contributed by atoms with Crippen molar-refractivity contribution in [2.24, 2.45) is 0 Å². The monoisotopic (exact) mass is 266 g/mol. The number of hydrogen-bond donors (Lipinski definition) is 0.